The molecule has 0 bridgehead atoms. The highest BCUT2D eigenvalue weighted by molar-refractivity contribution is 5.76. The number of carboxylic acids is 1. The maximum atomic E-state index is 12.1. The first kappa shape index (κ1) is 21.6. The number of nitrogens with one attached hydrogen (secondary N) is 1. The summed E-state index contributed by atoms with van der Waals surface area (Å²) in [6.45, 7) is 4.14. The molecule has 2 rings (SSSR count). The van der Waals surface area contributed by atoms with Gasteiger partial charge in [-0.1, -0.05) is 24.3 Å². The van der Waals surface area contributed by atoms with E-state index in [1.54, 1.807) is 24.3 Å². The summed E-state index contributed by atoms with van der Waals surface area (Å²) in [5.41, 5.74) is 0.583. The normalized spacial score (nSPS) is 11.9. The number of hydrogen-bond acceptors (Lipinski definition) is 4. The van der Waals surface area contributed by atoms with Crippen molar-refractivity contribution >= 4 is 5.97 Å². The molecule has 0 aliphatic rings. The average Bonchev–Trinajstić information content (AvgIpc) is 2.60. The van der Waals surface area contributed by atoms with Crippen molar-refractivity contribution in [3.63, 3.8) is 0 Å². The standard InChI is InChI=1S/C20H22F3NO4/c1-19(2,18(25)26)27-16-7-3-14(4-8-16)11-12-24-13-15-5-9-17(10-6-15)28-20(21,22)23/h3-10,24H,11-13H2,1-2H3,(H,25,26). The van der Waals surface area contributed by atoms with Crippen LogP contribution in [0.5, 0.6) is 11.5 Å². The third-order valence-corrected chi connectivity index (χ3v) is 3.89. The molecular formula is C20H22F3NO4. The number of benzene rings is 2. The minimum atomic E-state index is -4.69. The lowest BCUT2D eigenvalue weighted by Crippen LogP contribution is -2.37. The van der Waals surface area contributed by atoms with E-state index in [0.717, 1.165) is 17.5 Å². The Hall–Kier alpha value is -2.74. The van der Waals surface area contributed by atoms with Gasteiger partial charge in [0.05, 0.1) is 0 Å². The smallest absolute Gasteiger partial charge is 0.478 e. The molecule has 0 saturated carbocycles. The summed E-state index contributed by atoms with van der Waals surface area (Å²) < 4.78 is 45.6. The number of aliphatic carboxylic acids is 1. The van der Waals surface area contributed by atoms with E-state index in [2.05, 4.69) is 10.1 Å². The Balaban J connectivity index is 1.75. The fraction of sp³-hybridized carbons (Fsp3) is 0.350. The summed E-state index contributed by atoms with van der Waals surface area (Å²) >= 11 is 0. The zero-order valence-corrected chi connectivity index (χ0v) is 15.5. The molecule has 0 aliphatic heterocycles. The zero-order chi connectivity index (χ0) is 20.8. The maximum absolute atomic E-state index is 12.1. The van der Waals surface area contributed by atoms with Crippen LogP contribution in [0.3, 0.4) is 0 Å². The van der Waals surface area contributed by atoms with Crippen molar-refractivity contribution in [1.82, 2.24) is 5.32 Å². The molecule has 8 heteroatoms. The third-order valence-electron chi connectivity index (χ3n) is 3.89. The number of hydrogen-bond donors (Lipinski definition) is 2. The van der Waals surface area contributed by atoms with Gasteiger partial charge in [0.15, 0.2) is 5.60 Å². The van der Waals surface area contributed by atoms with Crippen molar-refractivity contribution in [3.05, 3.63) is 59.7 Å². The lowest BCUT2D eigenvalue weighted by molar-refractivity contribution is -0.274. The third kappa shape index (κ3) is 7.11. The molecule has 5 nitrogen and oxygen atoms in total. The van der Waals surface area contributed by atoms with Crippen molar-refractivity contribution < 1.29 is 32.5 Å². The Morgan fingerprint density at radius 2 is 1.43 bits per heavy atom. The molecule has 0 radical (unpaired) electrons. The monoisotopic (exact) mass is 397 g/mol. The Kier molecular flexibility index (Phi) is 6.90. The molecule has 2 aromatic carbocycles. The van der Waals surface area contributed by atoms with Crippen LogP contribution in [-0.2, 0) is 17.8 Å². The van der Waals surface area contributed by atoms with Gasteiger partial charge in [0.2, 0.25) is 0 Å². The number of alkyl halides is 3. The highest BCUT2D eigenvalue weighted by Crippen LogP contribution is 2.23. The van der Waals surface area contributed by atoms with Crippen LogP contribution in [-0.4, -0.2) is 29.6 Å². The summed E-state index contributed by atoms with van der Waals surface area (Å²) in [6.07, 6.45) is -3.96. The number of carboxylic acid groups (broad SMARTS) is 1. The van der Waals surface area contributed by atoms with Crippen LogP contribution >= 0.6 is 0 Å². The second-order valence-corrected chi connectivity index (χ2v) is 6.68. The molecule has 0 unspecified atom stereocenters. The van der Waals surface area contributed by atoms with E-state index in [-0.39, 0.29) is 5.75 Å². The SMILES string of the molecule is CC(C)(Oc1ccc(CCNCc2ccc(OC(F)(F)F)cc2)cc1)C(=O)O. The Morgan fingerprint density at radius 3 is 1.93 bits per heavy atom. The van der Waals surface area contributed by atoms with Crippen molar-refractivity contribution in [2.24, 2.45) is 0 Å². The van der Waals surface area contributed by atoms with Gasteiger partial charge in [0.25, 0.3) is 0 Å². The fourth-order valence-corrected chi connectivity index (χ4v) is 2.34. The van der Waals surface area contributed by atoms with Crippen LogP contribution in [0.4, 0.5) is 13.2 Å². The topological polar surface area (TPSA) is 67.8 Å². The molecule has 0 aromatic heterocycles. The van der Waals surface area contributed by atoms with E-state index in [4.69, 9.17) is 9.84 Å². The fourth-order valence-electron chi connectivity index (χ4n) is 2.34. The second-order valence-electron chi connectivity index (χ2n) is 6.68. The summed E-state index contributed by atoms with van der Waals surface area (Å²) in [5.74, 6) is -0.811. The van der Waals surface area contributed by atoms with Crippen molar-refractivity contribution in [1.29, 1.82) is 0 Å². The first-order chi connectivity index (χ1) is 13.0. The summed E-state index contributed by atoms with van der Waals surface area (Å²) in [4.78, 5) is 11.1. The molecular weight excluding hydrogens is 375 g/mol. The minimum Gasteiger partial charge on any atom is -0.478 e. The molecule has 28 heavy (non-hydrogen) atoms. The molecule has 0 aliphatic carbocycles. The zero-order valence-electron chi connectivity index (χ0n) is 15.5. The summed E-state index contributed by atoms with van der Waals surface area (Å²) in [7, 11) is 0. The quantitative estimate of drug-likeness (QED) is 0.622. The van der Waals surface area contributed by atoms with E-state index < -0.39 is 17.9 Å². The Morgan fingerprint density at radius 1 is 0.929 bits per heavy atom. The van der Waals surface area contributed by atoms with E-state index >= 15 is 0 Å². The van der Waals surface area contributed by atoms with Gasteiger partial charge < -0.3 is 19.9 Å². The number of carbonyl (C=O) groups is 1. The van der Waals surface area contributed by atoms with Crippen LogP contribution in [0.25, 0.3) is 0 Å². The van der Waals surface area contributed by atoms with E-state index in [1.165, 1.54) is 26.0 Å². The van der Waals surface area contributed by atoms with Gasteiger partial charge in [0.1, 0.15) is 11.5 Å². The Bertz CT molecular complexity index is 772. The lowest BCUT2D eigenvalue weighted by atomic mass is 10.1. The summed E-state index contributed by atoms with van der Waals surface area (Å²) in [5, 5.41) is 12.3. The van der Waals surface area contributed by atoms with E-state index in [0.29, 0.717) is 18.8 Å². The van der Waals surface area contributed by atoms with Crippen LogP contribution in [0, 0.1) is 0 Å². The molecule has 152 valence electrons. The van der Waals surface area contributed by atoms with Crippen molar-refractivity contribution in [3.8, 4) is 11.5 Å². The number of rotatable bonds is 9. The number of halogens is 3. The van der Waals surface area contributed by atoms with Crippen molar-refractivity contribution in [2.75, 3.05) is 6.54 Å². The predicted octanol–water partition coefficient (Wildman–Crippen LogP) is 4.16. The van der Waals surface area contributed by atoms with E-state index in [1.807, 2.05) is 12.1 Å². The van der Waals surface area contributed by atoms with Crippen LogP contribution in [0.15, 0.2) is 48.5 Å². The minimum absolute atomic E-state index is 0.246. The average molecular weight is 397 g/mol. The first-order valence-corrected chi connectivity index (χ1v) is 8.62. The van der Waals surface area contributed by atoms with Crippen molar-refractivity contribution in [2.45, 2.75) is 38.8 Å². The van der Waals surface area contributed by atoms with Gasteiger partial charge >= 0.3 is 12.3 Å². The van der Waals surface area contributed by atoms with Crippen LogP contribution in [0.2, 0.25) is 0 Å². The number of ether oxygens (including phenoxy) is 2. The molecule has 2 N–H and O–H groups in total. The van der Waals surface area contributed by atoms with Gasteiger partial charge in [-0.2, -0.15) is 0 Å². The van der Waals surface area contributed by atoms with Gasteiger partial charge in [-0.05, 0) is 62.2 Å². The van der Waals surface area contributed by atoms with Gasteiger partial charge in [-0.25, -0.2) is 4.79 Å². The predicted molar refractivity (Wildman–Crippen MR) is 97.3 cm³/mol. The van der Waals surface area contributed by atoms with Gasteiger partial charge in [-0.3, -0.25) is 0 Å². The first-order valence-electron chi connectivity index (χ1n) is 8.62. The second kappa shape index (κ2) is 8.97. The maximum Gasteiger partial charge on any atom is 0.573 e. The highest BCUT2D eigenvalue weighted by Gasteiger charge is 2.31. The molecule has 0 fully saturated rings. The summed E-state index contributed by atoms with van der Waals surface area (Å²) in [6, 6.07) is 12.9. The van der Waals surface area contributed by atoms with Gasteiger partial charge in [-0.15, -0.1) is 13.2 Å². The molecule has 0 amide bonds. The Labute approximate surface area is 161 Å². The van der Waals surface area contributed by atoms with Crippen LogP contribution in [0.1, 0.15) is 25.0 Å². The lowest BCUT2D eigenvalue weighted by Gasteiger charge is -2.21. The molecule has 0 atom stereocenters. The molecule has 0 spiro atoms. The largest absolute Gasteiger partial charge is 0.573 e. The molecule has 0 saturated heterocycles. The van der Waals surface area contributed by atoms with E-state index in [9.17, 15) is 18.0 Å². The highest BCUT2D eigenvalue weighted by atomic mass is 19.4. The molecule has 2 aromatic rings. The molecule has 0 heterocycles. The van der Waals surface area contributed by atoms with Crippen LogP contribution < -0.4 is 14.8 Å². The van der Waals surface area contributed by atoms with Gasteiger partial charge in [0, 0.05) is 6.54 Å².